The maximum absolute atomic E-state index is 15.9. The number of hydrogen-bond acceptors (Lipinski definition) is 14. The Labute approximate surface area is 574 Å². The monoisotopic (exact) mass is 1380 g/mol. The van der Waals surface area contributed by atoms with Crippen LogP contribution in [0.1, 0.15) is 171 Å². The Bertz CT molecular complexity index is 2650. The summed E-state index contributed by atoms with van der Waals surface area (Å²) in [7, 11) is 7.20. The fourth-order valence-corrected chi connectivity index (χ4v) is 13.2. The molecular formula is C68H127N11O14SSi. The molecule has 1 unspecified atom stereocenters. The largest absolute Gasteiger partial charge is 0.411 e. The van der Waals surface area contributed by atoms with E-state index in [0.29, 0.717) is 0 Å². The Morgan fingerprint density at radius 2 is 0.842 bits per heavy atom. The third-order valence-electron chi connectivity index (χ3n) is 18.6. The average Bonchev–Trinajstić information content (AvgIpc) is 0.789. The van der Waals surface area contributed by atoms with Crippen LogP contribution in [0.25, 0.3) is 0 Å². The first-order valence-corrected chi connectivity index (χ1v) is 38.5. The zero-order chi connectivity index (χ0) is 74.1. The van der Waals surface area contributed by atoms with Crippen LogP contribution in [0.4, 0.5) is 0 Å². The lowest BCUT2D eigenvalue weighted by atomic mass is 9.91. The first-order valence-electron chi connectivity index (χ1n) is 34.1. The van der Waals surface area contributed by atoms with E-state index in [2.05, 4.69) is 21.3 Å². The molecule has 4 N–H and O–H groups in total. The highest BCUT2D eigenvalue weighted by molar-refractivity contribution is 7.79. The molecule has 0 radical (unpaired) electrons. The zero-order valence-corrected chi connectivity index (χ0v) is 65.5. The van der Waals surface area contributed by atoms with E-state index in [9.17, 15) is 37.8 Å². The molecule has 0 aliphatic carbocycles. The van der Waals surface area contributed by atoms with E-state index < -0.39 is 186 Å². The fraction of sp³-hybridized carbons (Fsp3) is 0.838. The standard InChI is InChI=1S/C68H127N11O14SSi/c1-38(2)33-48-60(83)71-54(43(11)12)66(89)75(23)49(34-39(3)4)59(82)69-46(16)58(81)70-47(17)62(85)76(24)50(35-40(5)6)63(86)77(25)51(36-41(7)8)64(87)78(26)55(44(13)14)67(90)79(27)56(57(45(15)31-32-92-94(28)91)93-95(29,30)68(18,19)20)61(84)72-53(42(9)10)65(88)73(21)37-52(80)74(48)22/h38-51,53-57H,31-37H2,1-30H3,(H,69,82)(H,70,81)(H,71,83)(H,72,84)/t45-,46+,47-,48+,49+,50+,51+,53+,54+,55+,56+,57-,94?/m1/s1. The van der Waals surface area contributed by atoms with Gasteiger partial charge in [-0.25, -0.2) is 4.21 Å². The molecule has 0 aromatic rings. The number of hydrogen-bond donors (Lipinski definition) is 4. The van der Waals surface area contributed by atoms with Crippen LogP contribution in [0.15, 0.2) is 0 Å². The average molecular weight is 1380 g/mol. The summed E-state index contributed by atoms with van der Waals surface area (Å²) in [4.78, 5) is 173. The van der Waals surface area contributed by atoms with Crippen molar-refractivity contribution in [3.05, 3.63) is 0 Å². The predicted octanol–water partition coefficient (Wildman–Crippen LogP) is 5.28. The second-order valence-corrected chi connectivity index (χ2v) is 36.7. The van der Waals surface area contributed by atoms with Crippen molar-refractivity contribution in [2.45, 2.75) is 255 Å². The van der Waals surface area contributed by atoms with E-state index in [-0.39, 0.29) is 62.4 Å². The highest BCUT2D eigenvalue weighted by Gasteiger charge is 2.50. The summed E-state index contributed by atoms with van der Waals surface area (Å²) in [6.07, 6.45) is 1.07. The molecular weight excluding hydrogens is 1250 g/mol. The van der Waals surface area contributed by atoms with Gasteiger partial charge in [-0.15, -0.1) is 0 Å². The van der Waals surface area contributed by atoms with Gasteiger partial charge in [-0.1, -0.05) is 125 Å². The molecule has 11 amide bonds. The van der Waals surface area contributed by atoms with Crippen molar-refractivity contribution < 1.29 is 65.6 Å². The maximum atomic E-state index is 15.9. The van der Waals surface area contributed by atoms with Gasteiger partial charge in [0, 0.05) is 55.6 Å². The Morgan fingerprint density at radius 1 is 0.463 bits per heavy atom. The SMILES string of the molecule is CC(C)C[C@H]1C(=O)N[C@@H](C(C)C)C(=O)N(C)[C@@H](CC(C)C)C(=O)N[C@@H](C)C(=O)N[C@H](C)C(=O)N(C)[C@@H](CC(C)C)C(=O)N(C)[C@@H](CC(C)C)C(=O)N(C)[C@@H](C(C)C)C(=O)N(C)[C@@H]([C@H](O[Si](C)(C)C(C)(C)C)[C@H](C)CCOS(C)=O)C(=O)N[C@@H](C(C)C)C(=O)N(C)CC(=O)N1C. The van der Waals surface area contributed by atoms with Crippen LogP contribution in [0.5, 0.6) is 0 Å². The van der Waals surface area contributed by atoms with Crippen molar-refractivity contribution in [2.75, 3.05) is 68.7 Å². The van der Waals surface area contributed by atoms with Crippen LogP contribution < -0.4 is 21.3 Å². The number of likely N-dealkylation sites (N-methyl/N-ethyl adjacent to an activating group) is 7. The summed E-state index contributed by atoms with van der Waals surface area (Å²) in [5, 5.41) is 10.8. The van der Waals surface area contributed by atoms with Gasteiger partial charge >= 0.3 is 0 Å². The van der Waals surface area contributed by atoms with E-state index in [1.165, 1.54) is 98.8 Å². The van der Waals surface area contributed by atoms with Crippen LogP contribution in [-0.4, -0.2) is 247 Å². The molecule has 0 aromatic heterocycles. The molecule has 0 saturated carbocycles. The Hall–Kier alpha value is -5.54. The van der Waals surface area contributed by atoms with Gasteiger partial charge in [0.25, 0.3) is 0 Å². The molecule has 1 aliphatic heterocycles. The van der Waals surface area contributed by atoms with Crippen molar-refractivity contribution >= 4 is 84.4 Å². The molecule has 548 valence electrons. The lowest BCUT2D eigenvalue weighted by Gasteiger charge is -2.46. The van der Waals surface area contributed by atoms with Crippen molar-refractivity contribution in [3.8, 4) is 0 Å². The number of nitrogens with one attached hydrogen (secondary N) is 4. The van der Waals surface area contributed by atoms with Gasteiger partial charge in [0.15, 0.2) is 19.4 Å². The van der Waals surface area contributed by atoms with Crippen molar-refractivity contribution in [1.29, 1.82) is 0 Å². The summed E-state index contributed by atoms with van der Waals surface area (Å²) in [6, 6.07) is -12.4. The minimum absolute atomic E-state index is 0.00754. The van der Waals surface area contributed by atoms with Crippen molar-refractivity contribution in [2.24, 2.45) is 47.3 Å². The zero-order valence-electron chi connectivity index (χ0n) is 63.7. The molecule has 25 nitrogen and oxygen atoms in total. The molecule has 27 heteroatoms. The third kappa shape index (κ3) is 25.1. The highest BCUT2D eigenvalue weighted by atomic mass is 32.2. The molecule has 0 aromatic carbocycles. The number of amides is 11. The first-order chi connectivity index (χ1) is 43.4. The van der Waals surface area contributed by atoms with Gasteiger partial charge in [-0.3, -0.25) is 56.9 Å². The Morgan fingerprint density at radius 3 is 1.27 bits per heavy atom. The number of carbonyl (C=O) groups is 11. The molecule has 0 bridgehead atoms. The van der Waals surface area contributed by atoms with E-state index >= 15 is 19.2 Å². The van der Waals surface area contributed by atoms with Gasteiger partial charge in [-0.2, -0.15) is 0 Å². The molecule has 1 aliphatic rings. The molecule has 1 heterocycles. The van der Waals surface area contributed by atoms with Crippen LogP contribution >= 0.6 is 0 Å². The lowest BCUT2D eigenvalue weighted by Crippen LogP contribution is -2.65. The van der Waals surface area contributed by atoms with E-state index in [1.54, 1.807) is 41.5 Å². The van der Waals surface area contributed by atoms with Crippen LogP contribution in [-0.2, 0) is 72.4 Å². The first kappa shape index (κ1) is 87.5. The normalized spacial score (nSPS) is 26.0. The van der Waals surface area contributed by atoms with E-state index in [1.807, 2.05) is 96.2 Å². The summed E-state index contributed by atoms with van der Waals surface area (Å²) in [6.45, 7) is 39.6. The second kappa shape index (κ2) is 38.0. The molecule has 1 rings (SSSR count). The van der Waals surface area contributed by atoms with Crippen molar-refractivity contribution in [3.63, 3.8) is 0 Å². The lowest BCUT2D eigenvalue weighted by molar-refractivity contribution is -0.157. The van der Waals surface area contributed by atoms with Gasteiger partial charge in [0.2, 0.25) is 65.0 Å². The Balaban J connectivity index is 4.64. The molecule has 13 atom stereocenters. The summed E-state index contributed by atoms with van der Waals surface area (Å²) < 4.78 is 25.1. The maximum Gasteiger partial charge on any atom is 0.246 e. The minimum Gasteiger partial charge on any atom is -0.411 e. The summed E-state index contributed by atoms with van der Waals surface area (Å²) in [5.74, 6) is -10.3. The van der Waals surface area contributed by atoms with Gasteiger partial charge in [0.1, 0.15) is 60.4 Å². The quantitative estimate of drug-likeness (QED) is 0.120. The highest BCUT2D eigenvalue weighted by Crippen LogP contribution is 2.40. The topological polar surface area (TPSA) is 294 Å². The number of carbonyl (C=O) groups excluding carboxylic acids is 11. The number of nitrogens with zero attached hydrogens (tertiary/aromatic N) is 7. The Kier molecular flexibility index (Phi) is 35.0. The van der Waals surface area contributed by atoms with Crippen molar-refractivity contribution in [1.82, 2.24) is 55.6 Å². The smallest absolute Gasteiger partial charge is 0.246 e. The third-order valence-corrected chi connectivity index (χ3v) is 23.5. The molecule has 95 heavy (non-hydrogen) atoms. The van der Waals surface area contributed by atoms with Gasteiger partial charge in [0.05, 0.1) is 19.3 Å². The van der Waals surface area contributed by atoms with E-state index in [0.717, 1.165) is 4.90 Å². The second-order valence-electron chi connectivity index (χ2n) is 30.9. The molecule has 1 fully saturated rings. The minimum atomic E-state index is -2.92. The van der Waals surface area contributed by atoms with Crippen LogP contribution in [0.2, 0.25) is 18.1 Å². The summed E-state index contributed by atoms with van der Waals surface area (Å²) >= 11 is -1.65. The van der Waals surface area contributed by atoms with Gasteiger partial charge in [-0.05, 0) is 111 Å². The van der Waals surface area contributed by atoms with E-state index in [4.69, 9.17) is 8.61 Å². The number of rotatable bonds is 19. The fourth-order valence-electron chi connectivity index (χ4n) is 11.5. The van der Waals surface area contributed by atoms with Crippen LogP contribution in [0.3, 0.4) is 0 Å². The van der Waals surface area contributed by atoms with Crippen LogP contribution in [0, 0.1) is 47.3 Å². The molecule has 0 spiro atoms. The molecule has 1 saturated heterocycles. The van der Waals surface area contributed by atoms with Gasteiger partial charge < -0.3 is 60.0 Å². The summed E-state index contributed by atoms with van der Waals surface area (Å²) in [5.41, 5.74) is 0. The predicted molar refractivity (Wildman–Crippen MR) is 374 cm³/mol.